The molecule has 180 valence electrons. The zero-order chi connectivity index (χ0) is 24.0. The molecule has 33 heavy (non-hydrogen) atoms. The quantitative estimate of drug-likeness (QED) is 0.572. The summed E-state index contributed by atoms with van der Waals surface area (Å²) in [5, 5.41) is 3.24. The predicted octanol–water partition coefficient (Wildman–Crippen LogP) is 3.53. The number of sulfonamides is 1. The van der Waals surface area contributed by atoms with Gasteiger partial charge in [0.15, 0.2) is 6.61 Å². The average Bonchev–Trinajstić information content (AvgIpc) is 2.81. The van der Waals surface area contributed by atoms with E-state index in [0.717, 1.165) is 11.3 Å². The summed E-state index contributed by atoms with van der Waals surface area (Å²) in [6.45, 7) is 8.35. The number of carbonyl (C=O) groups is 1. The topological polar surface area (TPSA) is 88.2 Å². The number of nitrogens with one attached hydrogen (secondary N) is 1. The normalized spacial score (nSPS) is 14.7. The maximum absolute atomic E-state index is 13.1. The molecule has 1 saturated heterocycles. The van der Waals surface area contributed by atoms with E-state index >= 15 is 0 Å². The van der Waals surface area contributed by atoms with Crippen LogP contribution in [0.4, 0.5) is 11.4 Å². The molecule has 0 aliphatic carbocycles. The highest BCUT2D eigenvalue weighted by Gasteiger charge is 2.27. The molecule has 0 atom stereocenters. The van der Waals surface area contributed by atoms with Gasteiger partial charge in [0.2, 0.25) is 10.0 Å². The van der Waals surface area contributed by atoms with Gasteiger partial charge < -0.3 is 19.7 Å². The Balaban J connectivity index is 1.84. The van der Waals surface area contributed by atoms with Crippen LogP contribution in [-0.2, 0) is 19.6 Å². The third kappa shape index (κ3) is 6.17. The third-order valence-electron chi connectivity index (χ3n) is 5.40. The third-order valence-corrected chi connectivity index (χ3v) is 7.61. The van der Waals surface area contributed by atoms with Crippen molar-refractivity contribution in [1.82, 2.24) is 4.31 Å². The molecule has 1 aliphatic heterocycles. The summed E-state index contributed by atoms with van der Waals surface area (Å²) < 4.78 is 38.5. The van der Waals surface area contributed by atoms with Gasteiger partial charge in [-0.2, -0.15) is 4.31 Å². The van der Waals surface area contributed by atoms with Gasteiger partial charge in [0.25, 0.3) is 5.91 Å². The van der Waals surface area contributed by atoms with Gasteiger partial charge in [-0.1, -0.05) is 17.7 Å². The SMILES string of the molecule is CCN(CC)c1ccc(S(=O)(=O)N2CCOCC2)cc1NC(=O)COc1cc(C)ccc1Cl. The van der Waals surface area contributed by atoms with Crippen LogP contribution < -0.4 is 15.0 Å². The standard InChI is InChI=1S/C23H30ClN3O5S/c1-4-26(5-2)21-9-7-18(33(29,30)27-10-12-31-13-11-27)15-20(21)25-23(28)16-32-22-14-17(3)6-8-19(22)24/h6-9,14-15H,4-5,10-13,16H2,1-3H3,(H,25,28). The number of carbonyl (C=O) groups excluding carboxylic acids is 1. The summed E-state index contributed by atoms with van der Waals surface area (Å²) in [6.07, 6.45) is 0. The van der Waals surface area contributed by atoms with Crippen molar-refractivity contribution in [2.45, 2.75) is 25.7 Å². The van der Waals surface area contributed by atoms with Crippen LogP contribution in [0.1, 0.15) is 19.4 Å². The number of morpholine rings is 1. The summed E-state index contributed by atoms with van der Waals surface area (Å²) >= 11 is 6.15. The highest BCUT2D eigenvalue weighted by atomic mass is 35.5. The molecular weight excluding hydrogens is 466 g/mol. The molecule has 0 radical (unpaired) electrons. The number of benzene rings is 2. The Bertz CT molecular complexity index is 1080. The van der Waals surface area contributed by atoms with Crippen LogP contribution in [0, 0.1) is 6.92 Å². The zero-order valence-corrected chi connectivity index (χ0v) is 20.7. The number of halogens is 1. The number of amides is 1. The van der Waals surface area contributed by atoms with Crippen molar-refractivity contribution < 1.29 is 22.7 Å². The van der Waals surface area contributed by atoms with E-state index in [0.29, 0.717) is 55.9 Å². The molecule has 0 aromatic heterocycles. The first kappa shape index (κ1) is 25.3. The van der Waals surface area contributed by atoms with Crippen molar-refractivity contribution >= 4 is 38.9 Å². The van der Waals surface area contributed by atoms with E-state index in [1.807, 2.05) is 31.7 Å². The second-order valence-electron chi connectivity index (χ2n) is 7.64. The molecule has 1 aliphatic rings. The second-order valence-corrected chi connectivity index (χ2v) is 9.98. The molecular formula is C23H30ClN3O5S. The van der Waals surface area contributed by atoms with Gasteiger partial charge in [0, 0.05) is 26.2 Å². The van der Waals surface area contributed by atoms with Gasteiger partial charge in [0.1, 0.15) is 5.75 Å². The fourth-order valence-corrected chi connectivity index (χ4v) is 5.21. The molecule has 1 amide bonds. The lowest BCUT2D eigenvalue weighted by molar-refractivity contribution is -0.118. The molecule has 1 N–H and O–H groups in total. The van der Waals surface area contributed by atoms with Crippen LogP contribution in [-0.4, -0.2) is 64.6 Å². The zero-order valence-electron chi connectivity index (χ0n) is 19.1. The summed E-state index contributed by atoms with van der Waals surface area (Å²) in [5.41, 5.74) is 2.11. The molecule has 0 unspecified atom stereocenters. The number of hydrogen-bond acceptors (Lipinski definition) is 6. The van der Waals surface area contributed by atoms with Gasteiger partial charge in [-0.05, 0) is 56.7 Å². The number of anilines is 2. The molecule has 0 bridgehead atoms. The first-order valence-electron chi connectivity index (χ1n) is 10.9. The second kappa shape index (κ2) is 11.2. The maximum Gasteiger partial charge on any atom is 0.262 e. The van der Waals surface area contributed by atoms with E-state index in [1.54, 1.807) is 24.3 Å². The molecule has 1 heterocycles. The lowest BCUT2D eigenvalue weighted by Gasteiger charge is -2.28. The summed E-state index contributed by atoms with van der Waals surface area (Å²) in [7, 11) is -3.71. The van der Waals surface area contributed by atoms with Crippen molar-refractivity contribution in [3.8, 4) is 5.75 Å². The van der Waals surface area contributed by atoms with Crippen molar-refractivity contribution in [1.29, 1.82) is 0 Å². The molecule has 8 nitrogen and oxygen atoms in total. The number of aryl methyl sites for hydroxylation is 1. The minimum atomic E-state index is -3.71. The lowest BCUT2D eigenvalue weighted by atomic mass is 10.2. The fraction of sp³-hybridized carbons (Fsp3) is 0.435. The smallest absolute Gasteiger partial charge is 0.262 e. The highest BCUT2D eigenvalue weighted by Crippen LogP contribution is 2.31. The Morgan fingerprint density at radius 3 is 2.52 bits per heavy atom. The van der Waals surface area contributed by atoms with E-state index in [4.69, 9.17) is 21.1 Å². The van der Waals surface area contributed by atoms with Crippen molar-refractivity contribution in [2.24, 2.45) is 0 Å². The maximum atomic E-state index is 13.1. The Morgan fingerprint density at radius 1 is 1.15 bits per heavy atom. The van der Waals surface area contributed by atoms with E-state index in [-0.39, 0.29) is 11.5 Å². The molecule has 2 aromatic rings. The molecule has 10 heteroatoms. The number of hydrogen-bond donors (Lipinski definition) is 1. The minimum Gasteiger partial charge on any atom is -0.482 e. The molecule has 1 fully saturated rings. The summed E-state index contributed by atoms with van der Waals surface area (Å²) in [6, 6.07) is 10.1. The Labute approximate surface area is 200 Å². The van der Waals surface area contributed by atoms with E-state index in [1.165, 1.54) is 10.4 Å². The molecule has 3 rings (SSSR count). The number of rotatable bonds is 9. The largest absolute Gasteiger partial charge is 0.482 e. The summed E-state index contributed by atoms with van der Waals surface area (Å²) in [5.74, 6) is 0.00123. The minimum absolute atomic E-state index is 0.123. The average molecular weight is 496 g/mol. The monoisotopic (exact) mass is 495 g/mol. The molecule has 0 saturated carbocycles. The van der Waals surface area contributed by atoms with Crippen molar-refractivity contribution in [3.63, 3.8) is 0 Å². The van der Waals surface area contributed by atoms with Crippen LogP contribution in [0.15, 0.2) is 41.3 Å². The highest BCUT2D eigenvalue weighted by molar-refractivity contribution is 7.89. The van der Waals surface area contributed by atoms with Crippen LogP contribution >= 0.6 is 11.6 Å². The lowest BCUT2D eigenvalue weighted by Crippen LogP contribution is -2.40. The van der Waals surface area contributed by atoms with Gasteiger partial charge in [-0.25, -0.2) is 8.42 Å². The fourth-order valence-electron chi connectivity index (χ4n) is 3.60. The summed E-state index contributed by atoms with van der Waals surface area (Å²) in [4.78, 5) is 14.9. The molecule has 0 spiro atoms. The number of ether oxygens (including phenoxy) is 2. The van der Waals surface area contributed by atoms with Gasteiger partial charge >= 0.3 is 0 Å². The van der Waals surface area contributed by atoms with Crippen LogP contribution in [0.3, 0.4) is 0 Å². The van der Waals surface area contributed by atoms with Gasteiger partial charge in [0.05, 0.1) is 34.5 Å². The first-order valence-corrected chi connectivity index (χ1v) is 12.7. The first-order chi connectivity index (χ1) is 15.8. The van der Waals surface area contributed by atoms with Crippen molar-refractivity contribution in [3.05, 3.63) is 47.0 Å². The van der Waals surface area contributed by atoms with Gasteiger partial charge in [-0.3, -0.25) is 4.79 Å². The van der Waals surface area contributed by atoms with Gasteiger partial charge in [-0.15, -0.1) is 0 Å². The Hall–Kier alpha value is -2.33. The van der Waals surface area contributed by atoms with E-state index in [9.17, 15) is 13.2 Å². The molecule has 2 aromatic carbocycles. The van der Waals surface area contributed by atoms with Crippen LogP contribution in [0.2, 0.25) is 5.02 Å². The van der Waals surface area contributed by atoms with Crippen LogP contribution in [0.25, 0.3) is 0 Å². The van der Waals surface area contributed by atoms with E-state index in [2.05, 4.69) is 5.32 Å². The van der Waals surface area contributed by atoms with Crippen molar-refractivity contribution in [2.75, 3.05) is 56.2 Å². The Morgan fingerprint density at radius 2 is 1.85 bits per heavy atom. The number of nitrogens with zero attached hydrogens (tertiary/aromatic N) is 2. The van der Waals surface area contributed by atoms with E-state index < -0.39 is 15.9 Å². The van der Waals surface area contributed by atoms with Crippen LogP contribution in [0.5, 0.6) is 5.75 Å². The predicted molar refractivity (Wildman–Crippen MR) is 130 cm³/mol. The Kier molecular flexibility index (Phi) is 8.58.